The van der Waals surface area contributed by atoms with Crippen molar-refractivity contribution in [2.45, 2.75) is 12.8 Å². The van der Waals surface area contributed by atoms with Crippen LogP contribution in [-0.2, 0) is 11.2 Å². The van der Waals surface area contributed by atoms with Gasteiger partial charge in [0, 0.05) is 25.2 Å². The summed E-state index contributed by atoms with van der Waals surface area (Å²) in [5.74, 6) is -0.798. The van der Waals surface area contributed by atoms with Gasteiger partial charge in [-0.15, -0.1) is 0 Å². The van der Waals surface area contributed by atoms with E-state index in [1.807, 2.05) is 24.3 Å². The van der Waals surface area contributed by atoms with Crippen LogP contribution < -0.4 is 10.2 Å². The van der Waals surface area contributed by atoms with Gasteiger partial charge in [-0.05, 0) is 24.1 Å². The third-order valence-electron chi connectivity index (χ3n) is 2.73. The molecule has 0 saturated carbocycles. The summed E-state index contributed by atoms with van der Waals surface area (Å²) in [4.78, 5) is 23.5. The molecule has 1 aromatic rings. The highest BCUT2D eigenvalue weighted by atomic mass is 16.4. The molecule has 5 heteroatoms. The van der Waals surface area contributed by atoms with E-state index < -0.39 is 5.97 Å². The second-order valence-electron chi connectivity index (χ2n) is 3.94. The Morgan fingerprint density at radius 2 is 2.06 bits per heavy atom. The average molecular weight is 234 g/mol. The Hall–Kier alpha value is -2.04. The van der Waals surface area contributed by atoms with E-state index in [1.54, 1.807) is 4.90 Å². The van der Waals surface area contributed by atoms with Gasteiger partial charge in [0.15, 0.2) is 0 Å². The lowest BCUT2D eigenvalue weighted by molar-refractivity contribution is -0.136. The molecule has 0 radical (unpaired) electrons. The van der Waals surface area contributed by atoms with Crippen LogP contribution in [0.5, 0.6) is 0 Å². The van der Waals surface area contributed by atoms with Gasteiger partial charge >= 0.3 is 12.0 Å². The number of aliphatic carboxylic acids is 1. The van der Waals surface area contributed by atoms with Crippen LogP contribution in [0.4, 0.5) is 10.5 Å². The van der Waals surface area contributed by atoms with E-state index in [0.717, 1.165) is 11.3 Å². The van der Waals surface area contributed by atoms with E-state index in [2.05, 4.69) is 5.32 Å². The number of hydrogen-bond acceptors (Lipinski definition) is 2. The van der Waals surface area contributed by atoms with E-state index in [0.29, 0.717) is 19.5 Å². The Morgan fingerprint density at radius 1 is 1.35 bits per heavy atom. The summed E-state index contributed by atoms with van der Waals surface area (Å²) in [5.41, 5.74) is 1.81. The fourth-order valence-electron chi connectivity index (χ4n) is 1.81. The Bertz CT molecular complexity index is 428. The van der Waals surface area contributed by atoms with Crippen molar-refractivity contribution in [1.82, 2.24) is 5.32 Å². The predicted molar refractivity (Wildman–Crippen MR) is 63.1 cm³/mol. The number of amides is 2. The van der Waals surface area contributed by atoms with Crippen molar-refractivity contribution in [3.63, 3.8) is 0 Å². The zero-order chi connectivity index (χ0) is 12.3. The van der Waals surface area contributed by atoms with Crippen molar-refractivity contribution < 1.29 is 14.7 Å². The zero-order valence-corrected chi connectivity index (χ0v) is 9.35. The Kier molecular flexibility index (Phi) is 3.27. The van der Waals surface area contributed by atoms with Crippen LogP contribution in [0.25, 0.3) is 0 Å². The summed E-state index contributed by atoms with van der Waals surface area (Å²) in [6, 6.07) is 7.35. The van der Waals surface area contributed by atoms with Crippen LogP contribution in [0.15, 0.2) is 24.3 Å². The zero-order valence-electron chi connectivity index (χ0n) is 9.35. The summed E-state index contributed by atoms with van der Waals surface area (Å²) in [6.45, 7) is 1.34. The van der Waals surface area contributed by atoms with Crippen molar-refractivity contribution in [2.24, 2.45) is 0 Å². The quantitative estimate of drug-likeness (QED) is 0.823. The number of carbonyl (C=O) groups excluding carboxylic acids is 1. The van der Waals surface area contributed by atoms with Crippen molar-refractivity contribution >= 4 is 17.7 Å². The van der Waals surface area contributed by atoms with Gasteiger partial charge in [-0.2, -0.15) is 0 Å². The van der Waals surface area contributed by atoms with Crippen LogP contribution >= 0.6 is 0 Å². The first-order chi connectivity index (χ1) is 8.16. The summed E-state index contributed by atoms with van der Waals surface area (Å²) < 4.78 is 0. The molecule has 1 aromatic carbocycles. The number of benzene rings is 1. The molecule has 2 N–H and O–H groups in total. The number of hydrogen-bond donors (Lipinski definition) is 2. The minimum atomic E-state index is -0.798. The third-order valence-corrected chi connectivity index (χ3v) is 2.73. The highest BCUT2D eigenvalue weighted by Crippen LogP contribution is 2.17. The first kappa shape index (κ1) is 11.4. The number of rotatable bonds is 4. The molecule has 0 atom stereocenters. The van der Waals surface area contributed by atoms with Gasteiger partial charge in [0.25, 0.3) is 0 Å². The van der Waals surface area contributed by atoms with Crippen LogP contribution in [0.1, 0.15) is 12.0 Å². The minimum Gasteiger partial charge on any atom is -0.481 e. The van der Waals surface area contributed by atoms with Crippen molar-refractivity contribution in [3.05, 3.63) is 29.8 Å². The molecule has 0 bridgehead atoms. The first-order valence-corrected chi connectivity index (χ1v) is 5.53. The van der Waals surface area contributed by atoms with E-state index in [4.69, 9.17) is 5.11 Å². The largest absolute Gasteiger partial charge is 0.481 e. The second-order valence-corrected chi connectivity index (χ2v) is 3.94. The number of nitrogens with one attached hydrogen (secondary N) is 1. The normalized spacial score (nSPS) is 14.8. The van der Waals surface area contributed by atoms with Crippen molar-refractivity contribution in [3.8, 4) is 0 Å². The third kappa shape index (κ3) is 2.75. The lowest BCUT2D eigenvalue weighted by Gasteiger charge is -2.14. The van der Waals surface area contributed by atoms with Gasteiger partial charge in [-0.1, -0.05) is 12.1 Å². The fourth-order valence-corrected chi connectivity index (χ4v) is 1.81. The van der Waals surface area contributed by atoms with Gasteiger partial charge in [0.05, 0.1) is 0 Å². The summed E-state index contributed by atoms with van der Waals surface area (Å²) in [6.07, 6.45) is 0.644. The average Bonchev–Trinajstić information content (AvgIpc) is 2.73. The molecule has 1 fully saturated rings. The van der Waals surface area contributed by atoms with E-state index in [1.165, 1.54) is 0 Å². The molecule has 1 aliphatic rings. The maximum atomic E-state index is 11.4. The van der Waals surface area contributed by atoms with Gasteiger partial charge in [0.2, 0.25) is 0 Å². The molecule has 1 aliphatic heterocycles. The summed E-state index contributed by atoms with van der Waals surface area (Å²) in [5, 5.41) is 11.3. The number of urea groups is 1. The maximum absolute atomic E-state index is 11.4. The molecule has 2 amide bonds. The highest BCUT2D eigenvalue weighted by Gasteiger charge is 2.20. The maximum Gasteiger partial charge on any atom is 0.321 e. The molecule has 0 aromatic heterocycles. The number of carboxylic acids is 1. The molecule has 0 aliphatic carbocycles. The van der Waals surface area contributed by atoms with Gasteiger partial charge in [-0.3, -0.25) is 9.69 Å². The molecule has 0 unspecified atom stereocenters. The predicted octanol–water partition coefficient (Wildman–Crippen LogP) is 1.23. The Balaban J connectivity index is 2.02. The molecule has 0 spiro atoms. The van der Waals surface area contributed by atoms with Gasteiger partial charge in [0.1, 0.15) is 0 Å². The molecule has 17 heavy (non-hydrogen) atoms. The molecule has 90 valence electrons. The molecular formula is C12H14N2O3. The highest BCUT2D eigenvalue weighted by molar-refractivity contribution is 5.93. The summed E-state index contributed by atoms with van der Waals surface area (Å²) >= 11 is 0. The first-order valence-electron chi connectivity index (χ1n) is 5.53. The van der Waals surface area contributed by atoms with Crippen LogP contribution in [0, 0.1) is 0 Å². The Labute approximate surface area is 99.0 Å². The van der Waals surface area contributed by atoms with Crippen LogP contribution in [0.2, 0.25) is 0 Å². The number of nitrogens with zero attached hydrogens (tertiary/aromatic N) is 1. The van der Waals surface area contributed by atoms with Crippen LogP contribution in [0.3, 0.4) is 0 Å². The second kappa shape index (κ2) is 4.86. The van der Waals surface area contributed by atoms with E-state index >= 15 is 0 Å². The summed E-state index contributed by atoms with van der Waals surface area (Å²) in [7, 11) is 0. The number of aryl methyl sites for hydroxylation is 1. The van der Waals surface area contributed by atoms with Crippen molar-refractivity contribution in [2.75, 3.05) is 18.0 Å². The molecular weight excluding hydrogens is 220 g/mol. The fraction of sp³-hybridized carbons (Fsp3) is 0.333. The van der Waals surface area contributed by atoms with Gasteiger partial charge in [-0.25, -0.2) is 4.79 Å². The molecule has 5 nitrogen and oxygen atoms in total. The number of anilines is 1. The van der Waals surface area contributed by atoms with Gasteiger partial charge < -0.3 is 10.4 Å². The number of carboxylic acid groups (broad SMARTS) is 1. The lowest BCUT2D eigenvalue weighted by Crippen LogP contribution is -2.27. The standard InChI is InChI=1S/C12H14N2O3/c15-11(16)6-3-9-1-4-10(5-2-9)14-8-7-13-12(14)17/h1-2,4-5H,3,6-8H2,(H,13,17)(H,15,16). The molecule has 2 rings (SSSR count). The van der Waals surface area contributed by atoms with E-state index in [9.17, 15) is 9.59 Å². The SMILES string of the molecule is O=C(O)CCc1ccc(N2CCNC2=O)cc1. The topological polar surface area (TPSA) is 69.6 Å². The van der Waals surface area contributed by atoms with E-state index in [-0.39, 0.29) is 12.5 Å². The molecule has 1 heterocycles. The Morgan fingerprint density at radius 3 is 2.59 bits per heavy atom. The smallest absolute Gasteiger partial charge is 0.321 e. The molecule has 1 saturated heterocycles. The van der Waals surface area contributed by atoms with Crippen molar-refractivity contribution in [1.29, 1.82) is 0 Å². The monoisotopic (exact) mass is 234 g/mol. The van der Waals surface area contributed by atoms with Crippen LogP contribution in [-0.4, -0.2) is 30.2 Å². The number of carbonyl (C=O) groups is 2. The lowest BCUT2D eigenvalue weighted by atomic mass is 10.1. The minimum absolute atomic E-state index is 0.0803.